The molecule has 0 bridgehead atoms. The van der Waals surface area contributed by atoms with Crippen LogP contribution in [0.1, 0.15) is 19.4 Å². The van der Waals surface area contributed by atoms with Crippen LogP contribution in [0.4, 0.5) is 0 Å². The van der Waals surface area contributed by atoms with Gasteiger partial charge in [0.15, 0.2) is 0 Å². The molecule has 0 amide bonds. The summed E-state index contributed by atoms with van der Waals surface area (Å²) >= 11 is 0. The lowest BCUT2D eigenvalue weighted by molar-refractivity contribution is -0.107. The molecule has 0 fully saturated rings. The monoisotopic (exact) mass is 166 g/mol. The molecule has 2 heteroatoms. The van der Waals surface area contributed by atoms with E-state index in [1.54, 1.807) is 24.3 Å². The van der Waals surface area contributed by atoms with Gasteiger partial charge in [0.05, 0.1) is 0 Å². The highest BCUT2D eigenvalue weighted by Gasteiger charge is 1.89. The van der Waals surface area contributed by atoms with E-state index in [4.69, 9.17) is 5.11 Å². The van der Waals surface area contributed by atoms with Crippen LogP contribution in [0.15, 0.2) is 24.3 Å². The summed E-state index contributed by atoms with van der Waals surface area (Å²) in [6, 6.07) is 6.59. The lowest BCUT2D eigenvalue weighted by Gasteiger charge is -1.93. The first-order valence-electron chi connectivity index (χ1n) is 4.04. The summed E-state index contributed by atoms with van der Waals surface area (Å²) < 4.78 is 0. The maximum atomic E-state index is 10.00. The van der Waals surface area contributed by atoms with Crippen LogP contribution in [-0.4, -0.2) is 11.4 Å². The van der Waals surface area contributed by atoms with E-state index >= 15 is 0 Å². The zero-order valence-electron chi connectivity index (χ0n) is 7.45. The number of hydrogen-bond donors (Lipinski definition) is 1. The summed E-state index contributed by atoms with van der Waals surface area (Å²) in [5.41, 5.74) is 0.924. The minimum absolute atomic E-state index is 0.231. The summed E-state index contributed by atoms with van der Waals surface area (Å²) in [4.78, 5) is 10.00. The minimum Gasteiger partial charge on any atom is -0.508 e. The summed E-state index contributed by atoms with van der Waals surface area (Å²) in [6.07, 6.45) is 1.26. The molecule has 1 rings (SSSR count). The molecule has 0 saturated heterocycles. The van der Waals surface area contributed by atoms with Gasteiger partial charge in [0.1, 0.15) is 12.0 Å². The van der Waals surface area contributed by atoms with Gasteiger partial charge < -0.3 is 9.90 Å². The third kappa shape index (κ3) is 3.76. The Morgan fingerprint density at radius 3 is 2.17 bits per heavy atom. The number of carbonyl (C=O) groups excluding carboxylic acids is 1. The molecule has 0 atom stereocenters. The van der Waals surface area contributed by atoms with E-state index in [1.165, 1.54) is 0 Å². The van der Waals surface area contributed by atoms with Crippen molar-refractivity contribution < 1.29 is 9.90 Å². The summed E-state index contributed by atoms with van der Waals surface area (Å²) in [5.74, 6) is 0.231. The molecule has 2 nitrogen and oxygen atoms in total. The van der Waals surface area contributed by atoms with Gasteiger partial charge in [-0.3, -0.25) is 0 Å². The molecule has 1 aromatic carbocycles. The van der Waals surface area contributed by atoms with Crippen molar-refractivity contribution in [1.82, 2.24) is 0 Å². The van der Waals surface area contributed by atoms with E-state index in [0.29, 0.717) is 6.42 Å². The van der Waals surface area contributed by atoms with Gasteiger partial charge in [0.25, 0.3) is 0 Å². The molecule has 66 valence electrons. The molecule has 0 unspecified atom stereocenters. The lowest BCUT2D eigenvalue weighted by atomic mass is 10.2. The first-order valence-corrected chi connectivity index (χ1v) is 4.04. The van der Waals surface area contributed by atoms with Crippen molar-refractivity contribution >= 4 is 6.29 Å². The molecule has 0 aliphatic rings. The molecule has 0 aliphatic carbocycles. The van der Waals surface area contributed by atoms with E-state index < -0.39 is 0 Å². The highest BCUT2D eigenvalue weighted by atomic mass is 16.3. The molecule has 0 saturated carbocycles. The second kappa shape index (κ2) is 6.40. The second-order valence-corrected chi connectivity index (χ2v) is 2.04. The van der Waals surface area contributed by atoms with Crippen LogP contribution in [0.3, 0.4) is 0 Å². The maximum absolute atomic E-state index is 10.00. The second-order valence-electron chi connectivity index (χ2n) is 2.04. The number of hydrogen-bond acceptors (Lipinski definition) is 2. The van der Waals surface area contributed by atoms with Gasteiger partial charge in [-0.05, 0) is 17.7 Å². The van der Waals surface area contributed by atoms with Crippen LogP contribution in [0, 0.1) is 0 Å². The average molecular weight is 166 g/mol. The van der Waals surface area contributed by atoms with Crippen molar-refractivity contribution in [3.63, 3.8) is 0 Å². The van der Waals surface area contributed by atoms with Gasteiger partial charge in [-0.25, -0.2) is 0 Å². The van der Waals surface area contributed by atoms with Gasteiger partial charge in [0, 0.05) is 6.42 Å². The van der Waals surface area contributed by atoms with Crippen molar-refractivity contribution in [1.29, 1.82) is 0 Å². The normalized spacial score (nSPS) is 8.17. The van der Waals surface area contributed by atoms with E-state index in [2.05, 4.69) is 0 Å². The summed E-state index contributed by atoms with van der Waals surface area (Å²) in [6.45, 7) is 4.00. The molecule has 0 aliphatic heterocycles. The molecule has 0 spiro atoms. The molecule has 0 radical (unpaired) electrons. The highest BCUT2D eigenvalue weighted by molar-refractivity contribution is 5.55. The van der Waals surface area contributed by atoms with Crippen LogP contribution in [0.2, 0.25) is 0 Å². The first kappa shape index (κ1) is 10.7. The quantitative estimate of drug-likeness (QED) is 0.683. The molecule has 1 N–H and O–H groups in total. The SMILES string of the molecule is CC.O=CCc1ccc(O)cc1. The predicted octanol–water partition coefficient (Wildman–Crippen LogP) is 2.16. The molecule has 12 heavy (non-hydrogen) atoms. The van der Waals surface area contributed by atoms with Crippen LogP contribution in [-0.2, 0) is 11.2 Å². The Morgan fingerprint density at radius 1 is 1.25 bits per heavy atom. The Hall–Kier alpha value is -1.31. The number of phenolic OH excluding ortho intramolecular Hbond substituents is 1. The fraction of sp³-hybridized carbons (Fsp3) is 0.300. The predicted molar refractivity (Wildman–Crippen MR) is 49.2 cm³/mol. The average Bonchev–Trinajstić information content (AvgIpc) is 2.13. The maximum Gasteiger partial charge on any atom is 0.124 e. The molecule has 1 aromatic rings. The minimum atomic E-state index is 0.231. The van der Waals surface area contributed by atoms with Gasteiger partial charge in [-0.2, -0.15) is 0 Å². The van der Waals surface area contributed by atoms with Crippen molar-refractivity contribution in [3.05, 3.63) is 29.8 Å². The molecule has 0 heterocycles. The largest absolute Gasteiger partial charge is 0.508 e. The zero-order chi connectivity index (χ0) is 9.40. The van der Waals surface area contributed by atoms with Crippen molar-refractivity contribution in [2.75, 3.05) is 0 Å². The Labute approximate surface area is 72.9 Å². The fourth-order valence-electron chi connectivity index (χ4n) is 0.728. The fourth-order valence-corrected chi connectivity index (χ4v) is 0.728. The number of phenols is 1. The zero-order valence-corrected chi connectivity index (χ0v) is 7.45. The molecular weight excluding hydrogens is 152 g/mol. The third-order valence-electron chi connectivity index (χ3n) is 1.26. The highest BCUT2D eigenvalue weighted by Crippen LogP contribution is 2.08. The summed E-state index contributed by atoms with van der Waals surface area (Å²) in [7, 11) is 0. The lowest BCUT2D eigenvalue weighted by Crippen LogP contribution is -1.82. The Kier molecular flexibility index (Phi) is 5.70. The number of aromatic hydroxyl groups is 1. The van der Waals surface area contributed by atoms with Crippen LogP contribution >= 0.6 is 0 Å². The van der Waals surface area contributed by atoms with Crippen molar-refractivity contribution in [3.8, 4) is 5.75 Å². The van der Waals surface area contributed by atoms with E-state index in [9.17, 15) is 4.79 Å². The number of rotatable bonds is 2. The Balaban J connectivity index is 0.000000561. The summed E-state index contributed by atoms with van der Waals surface area (Å²) in [5, 5.41) is 8.84. The number of aldehydes is 1. The van der Waals surface area contributed by atoms with Crippen LogP contribution < -0.4 is 0 Å². The van der Waals surface area contributed by atoms with Gasteiger partial charge in [0.2, 0.25) is 0 Å². The first-order chi connectivity index (χ1) is 5.83. The topological polar surface area (TPSA) is 37.3 Å². The van der Waals surface area contributed by atoms with Gasteiger partial charge >= 0.3 is 0 Å². The van der Waals surface area contributed by atoms with E-state index in [1.807, 2.05) is 13.8 Å². The smallest absolute Gasteiger partial charge is 0.124 e. The van der Waals surface area contributed by atoms with Crippen LogP contribution in [0.5, 0.6) is 5.75 Å². The number of benzene rings is 1. The van der Waals surface area contributed by atoms with Crippen molar-refractivity contribution in [2.24, 2.45) is 0 Å². The number of carbonyl (C=O) groups is 1. The van der Waals surface area contributed by atoms with Gasteiger partial charge in [-0.15, -0.1) is 0 Å². The van der Waals surface area contributed by atoms with Crippen LogP contribution in [0.25, 0.3) is 0 Å². The standard InChI is InChI=1S/C8H8O2.C2H6/c9-6-5-7-1-3-8(10)4-2-7;1-2/h1-4,6,10H,5H2;1-2H3. The van der Waals surface area contributed by atoms with E-state index in [0.717, 1.165) is 11.8 Å². The third-order valence-corrected chi connectivity index (χ3v) is 1.26. The Bertz CT molecular complexity index is 214. The van der Waals surface area contributed by atoms with Gasteiger partial charge in [-0.1, -0.05) is 26.0 Å². The van der Waals surface area contributed by atoms with Crippen molar-refractivity contribution in [2.45, 2.75) is 20.3 Å². The molecule has 0 aromatic heterocycles. The van der Waals surface area contributed by atoms with E-state index in [-0.39, 0.29) is 5.75 Å². The Morgan fingerprint density at radius 2 is 1.75 bits per heavy atom. The molecular formula is C10H14O2.